The van der Waals surface area contributed by atoms with Crippen molar-refractivity contribution in [2.75, 3.05) is 25.1 Å². The average Bonchev–Trinajstić information content (AvgIpc) is 2.30. The number of anilines is 1. The SMILES string of the molecule is COc1ncncc1N1CCCCC1. The molecule has 76 valence electrons. The minimum Gasteiger partial charge on any atom is -0.479 e. The zero-order chi connectivity index (χ0) is 9.80. The zero-order valence-electron chi connectivity index (χ0n) is 8.44. The van der Waals surface area contributed by atoms with Crippen molar-refractivity contribution in [3.8, 4) is 5.88 Å². The van der Waals surface area contributed by atoms with Crippen molar-refractivity contribution in [3.63, 3.8) is 0 Å². The molecule has 2 heterocycles. The lowest BCUT2D eigenvalue weighted by Gasteiger charge is -2.28. The van der Waals surface area contributed by atoms with Crippen LogP contribution in [-0.4, -0.2) is 30.2 Å². The number of methoxy groups -OCH3 is 1. The molecule has 1 aliphatic heterocycles. The molecule has 1 aromatic rings. The van der Waals surface area contributed by atoms with Crippen molar-refractivity contribution in [1.82, 2.24) is 9.97 Å². The zero-order valence-corrected chi connectivity index (χ0v) is 8.44. The fourth-order valence-electron chi connectivity index (χ4n) is 1.82. The standard InChI is InChI=1S/C10H15N3O/c1-14-10-9(7-11-8-12-10)13-5-3-2-4-6-13/h7-8H,2-6H2,1H3. The first-order chi connectivity index (χ1) is 6.92. The maximum Gasteiger partial charge on any atom is 0.240 e. The Morgan fingerprint density at radius 3 is 2.79 bits per heavy atom. The molecule has 0 aliphatic carbocycles. The maximum atomic E-state index is 5.21. The molecule has 1 aliphatic rings. The van der Waals surface area contributed by atoms with Gasteiger partial charge in [-0.05, 0) is 19.3 Å². The number of piperidine rings is 1. The summed E-state index contributed by atoms with van der Waals surface area (Å²) < 4.78 is 5.21. The van der Waals surface area contributed by atoms with Crippen LogP contribution in [0.15, 0.2) is 12.5 Å². The van der Waals surface area contributed by atoms with E-state index in [0.717, 1.165) is 18.8 Å². The lowest BCUT2D eigenvalue weighted by Crippen LogP contribution is -2.29. The lowest BCUT2D eigenvalue weighted by molar-refractivity contribution is 0.395. The third-order valence-electron chi connectivity index (χ3n) is 2.55. The normalized spacial score (nSPS) is 16.8. The fourth-order valence-corrected chi connectivity index (χ4v) is 1.82. The third kappa shape index (κ3) is 1.78. The minimum atomic E-state index is 0.682. The molecule has 0 aromatic carbocycles. The van der Waals surface area contributed by atoms with Crippen molar-refractivity contribution in [2.24, 2.45) is 0 Å². The Bertz CT molecular complexity index is 297. The predicted molar refractivity (Wildman–Crippen MR) is 54.6 cm³/mol. The second-order valence-corrected chi connectivity index (χ2v) is 3.46. The van der Waals surface area contributed by atoms with Crippen molar-refractivity contribution >= 4 is 5.69 Å². The summed E-state index contributed by atoms with van der Waals surface area (Å²) in [4.78, 5) is 10.4. The first-order valence-corrected chi connectivity index (χ1v) is 5.01. The van der Waals surface area contributed by atoms with Gasteiger partial charge in [0.1, 0.15) is 12.0 Å². The van der Waals surface area contributed by atoms with Crippen molar-refractivity contribution < 1.29 is 4.74 Å². The van der Waals surface area contributed by atoms with E-state index in [1.807, 2.05) is 6.20 Å². The van der Waals surface area contributed by atoms with Gasteiger partial charge in [-0.3, -0.25) is 0 Å². The monoisotopic (exact) mass is 193 g/mol. The summed E-state index contributed by atoms with van der Waals surface area (Å²) in [6, 6.07) is 0. The van der Waals surface area contributed by atoms with Gasteiger partial charge >= 0.3 is 0 Å². The van der Waals surface area contributed by atoms with E-state index in [1.54, 1.807) is 7.11 Å². The summed E-state index contributed by atoms with van der Waals surface area (Å²) in [6.45, 7) is 2.17. The second kappa shape index (κ2) is 4.26. The number of aromatic nitrogens is 2. The predicted octanol–water partition coefficient (Wildman–Crippen LogP) is 1.48. The Hall–Kier alpha value is -1.32. The molecule has 0 bridgehead atoms. The molecular formula is C10H15N3O. The summed E-state index contributed by atoms with van der Waals surface area (Å²) >= 11 is 0. The van der Waals surface area contributed by atoms with Gasteiger partial charge in [0.2, 0.25) is 5.88 Å². The summed E-state index contributed by atoms with van der Waals surface area (Å²) in [5.74, 6) is 0.682. The van der Waals surface area contributed by atoms with Crippen LogP contribution in [0.2, 0.25) is 0 Å². The molecule has 1 fully saturated rings. The Morgan fingerprint density at radius 1 is 1.29 bits per heavy atom. The maximum absolute atomic E-state index is 5.21. The highest BCUT2D eigenvalue weighted by atomic mass is 16.5. The van der Waals surface area contributed by atoms with Crippen LogP contribution in [0.3, 0.4) is 0 Å². The molecule has 1 aromatic heterocycles. The molecule has 0 amide bonds. The van der Waals surface area contributed by atoms with Crippen LogP contribution < -0.4 is 9.64 Å². The second-order valence-electron chi connectivity index (χ2n) is 3.46. The van der Waals surface area contributed by atoms with E-state index in [-0.39, 0.29) is 0 Å². The highest BCUT2D eigenvalue weighted by Crippen LogP contribution is 2.26. The van der Waals surface area contributed by atoms with Gasteiger partial charge in [-0.2, -0.15) is 0 Å². The topological polar surface area (TPSA) is 38.3 Å². The number of nitrogens with zero attached hydrogens (tertiary/aromatic N) is 3. The molecule has 0 spiro atoms. The van der Waals surface area contributed by atoms with E-state index in [4.69, 9.17) is 4.74 Å². The first kappa shape index (κ1) is 9.24. The van der Waals surface area contributed by atoms with Crippen LogP contribution in [0.1, 0.15) is 19.3 Å². The van der Waals surface area contributed by atoms with E-state index in [9.17, 15) is 0 Å². The van der Waals surface area contributed by atoms with Gasteiger partial charge in [0.25, 0.3) is 0 Å². The summed E-state index contributed by atoms with van der Waals surface area (Å²) in [5, 5.41) is 0. The lowest BCUT2D eigenvalue weighted by atomic mass is 10.1. The molecule has 4 nitrogen and oxygen atoms in total. The van der Waals surface area contributed by atoms with Crippen molar-refractivity contribution in [1.29, 1.82) is 0 Å². The molecule has 1 saturated heterocycles. The molecule has 4 heteroatoms. The fraction of sp³-hybridized carbons (Fsp3) is 0.600. The molecule has 0 radical (unpaired) electrons. The number of rotatable bonds is 2. The van der Waals surface area contributed by atoms with E-state index in [1.165, 1.54) is 25.6 Å². The van der Waals surface area contributed by atoms with Crippen LogP contribution in [0.4, 0.5) is 5.69 Å². The van der Waals surface area contributed by atoms with Gasteiger partial charge in [-0.25, -0.2) is 9.97 Å². The Labute approximate surface area is 83.9 Å². The van der Waals surface area contributed by atoms with Gasteiger partial charge < -0.3 is 9.64 Å². The smallest absolute Gasteiger partial charge is 0.240 e. The summed E-state index contributed by atoms with van der Waals surface area (Å²) in [5.41, 5.74) is 1.02. The molecule has 0 saturated carbocycles. The highest BCUT2D eigenvalue weighted by Gasteiger charge is 2.15. The molecule has 0 N–H and O–H groups in total. The molecule has 0 unspecified atom stereocenters. The van der Waals surface area contributed by atoms with Gasteiger partial charge in [-0.1, -0.05) is 0 Å². The van der Waals surface area contributed by atoms with Crippen LogP contribution >= 0.6 is 0 Å². The van der Waals surface area contributed by atoms with E-state index < -0.39 is 0 Å². The van der Waals surface area contributed by atoms with Gasteiger partial charge in [0, 0.05) is 13.1 Å². The third-order valence-corrected chi connectivity index (χ3v) is 2.55. The van der Waals surface area contributed by atoms with Gasteiger partial charge in [0.15, 0.2) is 0 Å². The van der Waals surface area contributed by atoms with E-state index >= 15 is 0 Å². The molecule has 14 heavy (non-hydrogen) atoms. The average molecular weight is 193 g/mol. The van der Waals surface area contributed by atoms with Crippen molar-refractivity contribution in [2.45, 2.75) is 19.3 Å². The highest BCUT2D eigenvalue weighted by molar-refractivity contribution is 5.53. The number of ether oxygens (including phenoxy) is 1. The molecule has 0 atom stereocenters. The summed E-state index contributed by atoms with van der Waals surface area (Å²) in [6.07, 6.45) is 7.17. The van der Waals surface area contributed by atoms with Crippen molar-refractivity contribution in [3.05, 3.63) is 12.5 Å². The van der Waals surface area contributed by atoms with Gasteiger partial charge in [0.05, 0.1) is 13.3 Å². The largest absolute Gasteiger partial charge is 0.479 e. The van der Waals surface area contributed by atoms with E-state index in [0.29, 0.717) is 5.88 Å². The van der Waals surface area contributed by atoms with Crippen LogP contribution in [0, 0.1) is 0 Å². The number of hydrogen-bond acceptors (Lipinski definition) is 4. The first-order valence-electron chi connectivity index (χ1n) is 5.01. The Kier molecular flexibility index (Phi) is 2.81. The van der Waals surface area contributed by atoms with E-state index in [2.05, 4.69) is 14.9 Å². The Morgan fingerprint density at radius 2 is 2.07 bits per heavy atom. The van der Waals surface area contributed by atoms with Crippen LogP contribution in [-0.2, 0) is 0 Å². The quantitative estimate of drug-likeness (QED) is 0.713. The Balaban J connectivity index is 2.20. The molecular weight excluding hydrogens is 178 g/mol. The minimum absolute atomic E-state index is 0.682. The summed E-state index contributed by atoms with van der Waals surface area (Å²) in [7, 11) is 1.65. The molecule has 2 rings (SSSR count). The van der Waals surface area contributed by atoms with Gasteiger partial charge in [-0.15, -0.1) is 0 Å². The van der Waals surface area contributed by atoms with Crippen LogP contribution in [0.25, 0.3) is 0 Å². The van der Waals surface area contributed by atoms with Crippen LogP contribution in [0.5, 0.6) is 5.88 Å². The number of hydrogen-bond donors (Lipinski definition) is 0.